The maximum Gasteiger partial charge on any atom is -0.0257 e. The summed E-state index contributed by atoms with van der Waals surface area (Å²) in [5.41, 5.74) is 2.60. The molecule has 0 atom stereocenters. The fourth-order valence-electron chi connectivity index (χ4n) is 0.966. The Morgan fingerprint density at radius 3 is 2.70 bits per heavy atom. The van der Waals surface area contributed by atoms with Crippen LogP contribution in [0.5, 0.6) is 0 Å². The Hall–Kier alpha value is -1.04. The van der Waals surface area contributed by atoms with Crippen molar-refractivity contribution in [3.63, 3.8) is 0 Å². The molecule has 0 heterocycles. The third-order valence-electron chi connectivity index (χ3n) is 1.40. The quantitative estimate of drug-likeness (QED) is 0.551. The first-order valence-electron chi connectivity index (χ1n) is 3.52. The normalized spacial score (nSPS) is 10.6. The first-order valence-corrected chi connectivity index (χ1v) is 3.52. The molecule has 1 rings (SSSR count). The minimum absolute atomic E-state index is 1.28. The van der Waals surface area contributed by atoms with Gasteiger partial charge in [-0.25, -0.2) is 0 Å². The van der Waals surface area contributed by atoms with E-state index in [0.717, 1.165) is 0 Å². The van der Waals surface area contributed by atoms with Crippen LogP contribution in [0.4, 0.5) is 0 Å². The Morgan fingerprint density at radius 1 is 1.30 bits per heavy atom. The first-order chi connectivity index (χ1) is 4.83. The molecule has 0 radical (unpaired) electrons. The highest BCUT2D eigenvalue weighted by molar-refractivity contribution is 5.49. The van der Waals surface area contributed by atoms with E-state index >= 15 is 0 Å². The highest BCUT2D eigenvalue weighted by atomic mass is 13.9. The van der Waals surface area contributed by atoms with Crippen LogP contribution in [0.3, 0.4) is 0 Å². The molecule has 0 aliphatic heterocycles. The lowest BCUT2D eigenvalue weighted by Crippen LogP contribution is -1.72. The highest BCUT2D eigenvalue weighted by Crippen LogP contribution is 2.04. The van der Waals surface area contributed by atoms with E-state index in [1.54, 1.807) is 0 Å². The van der Waals surface area contributed by atoms with Gasteiger partial charge in [-0.3, -0.25) is 0 Å². The molecule has 52 valence electrons. The number of aryl methyl sites for hydroxylation is 1. The summed E-state index contributed by atoms with van der Waals surface area (Å²) >= 11 is 0. The molecular formula is C10H12. The molecule has 0 spiro atoms. The van der Waals surface area contributed by atoms with Crippen molar-refractivity contribution in [1.29, 1.82) is 0 Å². The summed E-state index contributed by atoms with van der Waals surface area (Å²) in [5, 5.41) is 0. The number of hydrogen-bond donors (Lipinski definition) is 0. The van der Waals surface area contributed by atoms with E-state index in [-0.39, 0.29) is 0 Å². The summed E-state index contributed by atoms with van der Waals surface area (Å²) in [6.07, 6.45) is 4.15. The van der Waals surface area contributed by atoms with Gasteiger partial charge >= 0.3 is 0 Å². The molecule has 0 nitrogen and oxygen atoms in total. The van der Waals surface area contributed by atoms with Crippen LogP contribution in [0.2, 0.25) is 0 Å². The topological polar surface area (TPSA) is 0 Å². The standard InChI is InChI=1S/C10H12/c1-3-5-10-7-4-6-9(2)8-10/h3-8H,1-2H3. The van der Waals surface area contributed by atoms with Crippen LogP contribution in [0.25, 0.3) is 6.08 Å². The van der Waals surface area contributed by atoms with Crippen LogP contribution in [-0.2, 0) is 0 Å². The van der Waals surface area contributed by atoms with Gasteiger partial charge in [0.1, 0.15) is 0 Å². The molecule has 0 N–H and O–H groups in total. The lowest BCUT2D eigenvalue weighted by molar-refractivity contribution is 1.46. The van der Waals surface area contributed by atoms with Crippen LogP contribution in [0.15, 0.2) is 30.3 Å². The molecule has 1 aromatic carbocycles. The van der Waals surface area contributed by atoms with Crippen LogP contribution in [0, 0.1) is 6.92 Å². The molecule has 0 bridgehead atoms. The highest BCUT2D eigenvalue weighted by Gasteiger charge is 1.84. The van der Waals surface area contributed by atoms with Crippen LogP contribution in [0.1, 0.15) is 18.1 Å². The third-order valence-corrected chi connectivity index (χ3v) is 1.40. The summed E-state index contributed by atoms with van der Waals surface area (Å²) < 4.78 is 0. The molecule has 0 aliphatic rings. The molecule has 0 heteroatoms. The molecule has 0 amide bonds. The van der Waals surface area contributed by atoms with Crippen LogP contribution >= 0.6 is 0 Å². The van der Waals surface area contributed by atoms with Gasteiger partial charge in [-0.2, -0.15) is 0 Å². The number of allylic oxidation sites excluding steroid dienone is 1. The smallest absolute Gasteiger partial charge is 0.0257 e. The molecule has 0 fully saturated rings. The van der Waals surface area contributed by atoms with E-state index in [1.165, 1.54) is 11.1 Å². The van der Waals surface area contributed by atoms with Gasteiger partial charge in [0.2, 0.25) is 0 Å². The Labute approximate surface area is 62.2 Å². The van der Waals surface area contributed by atoms with Gasteiger partial charge in [0.05, 0.1) is 0 Å². The average molecular weight is 132 g/mol. The second kappa shape index (κ2) is 3.21. The number of benzene rings is 1. The predicted molar refractivity (Wildman–Crippen MR) is 45.9 cm³/mol. The van der Waals surface area contributed by atoms with E-state index in [4.69, 9.17) is 0 Å². The summed E-state index contributed by atoms with van der Waals surface area (Å²) in [6.45, 7) is 4.13. The largest absolute Gasteiger partial charge is 0.0871 e. The predicted octanol–water partition coefficient (Wildman–Crippen LogP) is 3.03. The average Bonchev–Trinajstić information content (AvgIpc) is 1.88. The van der Waals surface area contributed by atoms with Crippen molar-refractivity contribution in [3.05, 3.63) is 41.5 Å². The van der Waals surface area contributed by atoms with Crippen molar-refractivity contribution in [2.75, 3.05) is 0 Å². The zero-order chi connectivity index (χ0) is 7.40. The van der Waals surface area contributed by atoms with E-state index in [0.29, 0.717) is 0 Å². The molecule has 1 aromatic rings. The van der Waals surface area contributed by atoms with Gasteiger partial charge in [-0.15, -0.1) is 0 Å². The van der Waals surface area contributed by atoms with Crippen molar-refractivity contribution in [2.45, 2.75) is 13.8 Å². The number of hydrogen-bond acceptors (Lipinski definition) is 0. The lowest BCUT2D eigenvalue weighted by Gasteiger charge is -1.93. The molecule has 0 unspecified atom stereocenters. The summed E-state index contributed by atoms with van der Waals surface area (Å²) in [4.78, 5) is 0. The van der Waals surface area contributed by atoms with E-state index in [1.807, 2.05) is 6.92 Å². The molecule has 0 aliphatic carbocycles. The fraction of sp³-hybridized carbons (Fsp3) is 0.200. The lowest BCUT2D eigenvalue weighted by atomic mass is 10.1. The van der Waals surface area contributed by atoms with Gasteiger partial charge in [0.15, 0.2) is 0 Å². The second-order valence-corrected chi connectivity index (χ2v) is 2.41. The molecule has 0 aromatic heterocycles. The minimum Gasteiger partial charge on any atom is -0.0871 e. The van der Waals surface area contributed by atoms with Crippen LogP contribution in [-0.4, -0.2) is 0 Å². The monoisotopic (exact) mass is 132 g/mol. The maximum atomic E-state index is 2.17. The van der Waals surface area contributed by atoms with E-state index < -0.39 is 0 Å². The van der Waals surface area contributed by atoms with E-state index in [9.17, 15) is 0 Å². The van der Waals surface area contributed by atoms with E-state index in [2.05, 4.69) is 43.3 Å². The molecule has 10 heavy (non-hydrogen) atoms. The van der Waals surface area contributed by atoms with Crippen molar-refractivity contribution >= 4 is 6.08 Å². The molecular weight excluding hydrogens is 120 g/mol. The Morgan fingerprint density at radius 2 is 2.10 bits per heavy atom. The van der Waals surface area contributed by atoms with Gasteiger partial charge in [-0.05, 0) is 19.4 Å². The first kappa shape index (κ1) is 7.07. The summed E-state index contributed by atoms with van der Waals surface area (Å²) in [6, 6.07) is 8.45. The van der Waals surface area contributed by atoms with Crippen LogP contribution < -0.4 is 0 Å². The van der Waals surface area contributed by atoms with Gasteiger partial charge < -0.3 is 0 Å². The van der Waals surface area contributed by atoms with Crippen molar-refractivity contribution in [2.24, 2.45) is 0 Å². The summed E-state index contributed by atoms with van der Waals surface area (Å²) in [5.74, 6) is 0. The maximum absolute atomic E-state index is 2.17. The zero-order valence-corrected chi connectivity index (χ0v) is 6.46. The van der Waals surface area contributed by atoms with Crippen molar-refractivity contribution in [1.82, 2.24) is 0 Å². The van der Waals surface area contributed by atoms with Gasteiger partial charge in [-0.1, -0.05) is 42.0 Å². The fourth-order valence-corrected chi connectivity index (χ4v) is 0.966. The third kappa shape index (κ3) is 1.73. The Bertz CT molecular complexity index is 234. The SMILES string of the molecule is CC=Cc1cccc(C)c1. The zero-order valence-electron chi connectivity index (χ0n) is 6.46. The Balaban J connectivity index is 2.95. The number of rotatable bonds is 1. The van der Waals surface area contributed by atoms with Gasteiger partial charge in [0, 0.05) is 0 Å². The molecule has 0 saturated carbocycles. The summed E-state index contributed by atoms with van der Waals surface area (Å²) in [7, 11) is 0. The van der Waals surface area contributed by atoms with Crippen molar-refractivity contribution in [3.8, 4) is 0 Å². The Kier molecular flexibility index (Phi) is 2.27. The minimum atomic E-state index is 1.28. The van der Waals surface area contributed by atoms with Gasteiger partial charge in [0.25, 0.3) is 0 Å². The second-order valence-electron chi connectivity index (χ2n) is 2.41. The van der Waals surface area contributed by atoms with Crippen molar-refractivity contribution < 1.29 is 0 Å². The molecule has 0 saturated heterocycles.